The van der Waals surface area contributed by atoms with E-state index in [9.17, 15) is 9.18 Å². The van der Waals surface area contributed by atoms with Crippen LogP contribution in [-0.2, 0) is 4.74 Å². The molecule has 2 rings (SSSR count). The Morgan fingerprint density at radius 3 is 3.10 bits per heavy atom. The first-order valence-corrected chi connectivity index (χ1v) is 7.15. The minimum absolute atomic E-state index is 0.225. The normalized spacial score (nSPS) is 19.0. The van der Waals surface area contributed by atoms with E-state index in [1.165, 1.54) is 12.1 Å². The maximum Gasteiger partial charge on any atom is 0.314 e. The molecule has 1 aromatic carbocycles. The third-order valence-electron chi connectivity index (χ3n) is 3.26. The molecular weight excluding hydrogens is 275 g/mol. The lowest BCUT2D eigenvalue weighted by Gasteiger charge is -2.16. The molecule has 0 spiro atoms. The fraction of sp³-hybridized carbons (Fsp3) is 0.533. The SMILES string of the molecule is CC(CNC(=O)NCC1CCOC1)Oc1cccc(F)c1. The standard InChI is InChI=1S/C15H21FN2O3/c1-11(21-14-4-2-3-13(16)7-14)8-17-15(19)18-9-12-5-6-20-10-12/h2-4,7,11-12H,5-6,8-10H2,1H3,(H2,17,18,19). The fourth-order valence-electron chi connectivity index (χ4n) is 2.09. The number of ether oxygens (including phenoxy) is 2. The van der Waals surface area contributed by atoms with Crippen molar-refractivity contribution < 1.29 is 18.7 Å². The monoisotopic (exact) mass is 296 g/mol. The van der Waals surface area contributed by atoms with Gasteiger partial charge in [0.1, 0.15) is 17.7 Å². The molecule has 1 fully saturated rings. The van der Waals surface area contributed by atoms with E-state index in [0.717, 1.165) is 13.0 Å². The van der Waals surface area contributed by atoms with E-state index in [4.69, 9.17) is 9.47 Å². The van der Waals surface area contributed by atoms with Crippen LogP contribution < -0.4 is 15.4 Å². The molecule has 1 aliphatic heterocycles. The van der Waals surface area contributed by atoms with E-state index in [1.807, 2.05) is 6.92 Å². The van der Waals surface area contributed by atoms with E-state index in [2.05, 4.69) is 10.6 Å². The summed E-state index contributed by atoms with van der Waals surface area (Å²) in [4.78, 5) is 11.6. The van der Waals surface area contributed by atoms with Crippen molar-refractivity contribution in [1.82, 2.24) is 10.6 Å². The van der Waals surface area contributed by atoms with Crippen LogP contribution in [0.15, 0.2) is 24.3 Å². The molecule has 0 aromatic heterocycles. The zero-order chi connectivity index (χ0) is 15.1. The maximum absolute atomic E-state index is 13.0. The van der Waals surface area contributed by atoms with Gasteiger partial charge in [-0.05, 0) is 25.5 Å². The topological polar surface area (TPSA) is 59.6 Å². The number of carbonyl (C=O) groups is 1. The molecule has 0 saturated carbocycles. The molecule has 1 aliphatic rings. The highest BCUT2D eigenvalue weighted by Gasteiger charge is 2.16. The zero-order valence-corrected chi connectivity index (χ0v) is 12.1. The van der Waals surface area contributed by atoms with Crippen molar-refractivity contribution in [2.45, 2.75) is 19.4 Å². The quantitative estimate of drug-likeness (QED) is 0.843. The fourth-order valence-corrected chi connectivity index (χ4v) is 2.09. The lowest BCUT2D eigenvalue weighted by atomic mass is 10.1. The smallest absolute Gasteiger partial charge is 0.314 e. The van der Waals surface area contributed by atoms with Crippen molar-refractivity contribution in [1.29, 1.82) is 0 Å². The second-order valence-electron chi connectivity index (χ2n) is 5.21. The number of rotatable bonds is 6. The van der Waals surface area contributed by atoms with Gasteiger partial charge in [-0.15, -0.1) is 0 Å². The third-order valence-corrected chi connectivity index (χ3v) is 3.26. The Bertz CT molecular complexity index is 464. The molecule has 0 bridgehead atoms. The number of amides is 2. The second kappa shape index (κ2) is 7.83. The minimum Gasteiger partial charge on any atom is -0.489 e. The van der Waals surface area contributed by atoms with Crippen molar-refractivity contribution in [2.75, 3.05) is 26.3 Å². The van der Waals surface area contributed by atoms with Crippen LogP contribution >= 0.6 is 0 Å². The highest BCUT2D eigenvalue weighted by molar-refractivity contribution is 5.73. The number of urea groups is 1. The largest absolute Gasteiger partial charge is 0.489 e. The van der Waals surface area contributed by atoms with Crippen LogP contribution in [0, 0.1) is 11.7 Å². The van der Waals surface area contributed by atoms with Gasteiger partial charge in [-0.1, -0.05) is 6.07 Å². The lowest BCUT2D eigenvalue weighted by molar-refractivity contribution is 0.184. The van der Waals surface area contributed by atoms with Crippen molar-refractivity contribution in [2.24, 2.45) is 5.92 Å². The Hall–Kier alpha value is -1.82. The van der Waals surface area contributed by atoms with Gasteiger partial charge in [0.15, 0.2) is 0 Å². The maximum atomic E-state index is 13.0. The van der Waals surface area contributed by atoms with Crippen LogP contribution in [0.3, 0.4) is 0 Å². The summed E-state index contributed by atoms with van der Waals surface area (Å²) < 4.78 is 23.8. The highest BCUT2D eigenvalue weighted by atomic mass is 19.1. The van der Waals surface area contributed by atoms with Gasteiger partial charge in [0.05, 0.1) is 13.2 Å². The summed E-state index contributed by atoms with van der Waals surface area (Å²) in [5.74, 6) is 0.508. The van der Waals surface area contributed by atoms with Gasteiger partial charge in [0.2, 0.25) is 0 Å². The van der Waals surface area contributed by atoms with E-state index in [0.29, 0.717) is 31.4 Å². The first-order chi connectivity index (χ1) is 10.1. The first kappa shape index (κ1) is 15.6. The van der Waals surface area contributed by atoms with Crippen LogP contribution in [0.4, 0.5) is 9.18 Å². The molecule has 116 valence electrons. The summed E-state index contributed by atoms with van der Waals surface area (Å²) in [6.07, 6.45) is 0.742. The molecular formula is C15H21FN2O3. The Morgan fingerprint density at radius 1 is 1.52 bits per heavy atom. The van der Waals surface area contributed by atoms with Gasteiger partial charge in [-0.3, -0.25) is 0 Å². The molecule has 1 saturated heterocycles. The number of benzene rings is 1. The Labute approximate surface area is 123 Å². The summed E-state index contributed by atoms with van der Waals surface area (Å²) in [5, 5.41) is 5.54. The van der Waals surface area contributed by atoms with E-state index < -0.39 is 0 Å². The average molecular weight is 296 g/mol. The number of carbonyl (C=O) groups excluding carboxylic acids is 1. The second-order valence-corrected chi connectivity index (χ2v) is 5.21. The molecule has 0 radical (unpaired) electrons. The molecule has 21 heavy (non-hydrogen) atoms. The lowest BCUT2D eigenvalue weighted by Crippen LogP contribution is -2.42. The molecule has 5 nitrogen and oxygen atoms in total. The molecule has 2 N–H and O–H groups in total. The summed E-state index contributed by atoms with van der Waals surface area (Å²) in [7, 11) is 0. The molecule has 0 aliphatic carbocycles. The summed E-state index contributed by atoms with van der Waals surface area (Å²) in [6, 6.07) is 5.71. The van der Waals surface area contributed by atoms with E-state index >= 15 is 0 Å². The highest BCUT2D eigenvalue weighted by Crippen LogP contribution is 2.13. The van der Waals surface area contributed by atoms with Crippen molar-refractivity contribution in [3.05, 3.63) is 30.1 Å². The third kappa shape index (κ3) is 5.59. The number of hydrogen-bond acceptors (Lipinski definition) is 3. The van der Waals surface area contributed by atoms with Gasteiger partial charge >= 0.3 is 6.03 Å². The van der Waals surface area contributed by atoms with Crippen molar-refractivity contribution in [3.63, 3.8) is 0 Å². The molecule has 2 atom stereocenters. The summed E-state index contributed by atoms with van der Waals surface area (Å²) >= 11 is 0. The predicted octanol–water partition coefficient (Wildman–Crippen LogP) is 1.93. The zero-order valence-electron chi connectivity index (χ0n) is 12.1. The first-order valence-electron chi connectivity index (χ1n) is 7.15. The summed E-state index contributed by atoms with van der Waals surface area (Å²) in [5.41, 5.74) is 0. The molecule has 1 aromatic rings. The van der Waals surface area contributed by atoms with Gasteiger partial charge in [0, 0.05) is 25.1 Å². The summed E-state index contributed by atoms with van der Waals surface area (Å²) in [6.45, 7) is 4.26. The van der Waals surface area contributed by atoms with Gasteiger partial charge in [-0.2, -0.15) is 0 Å². The van der Waals surface area contributed by atoms with Crippen molar-refractivity contribution in [3.8, 4) is 5.75 Å². The predicted molar refractivity (Wildman–Crippen MR) is 76.8 cm³/mol. The molecule has 6 heteroatoms. The van der Waals surface area contributed by atoms with Crippen LogP contribution in [0.25, 0.3) is 0 Å². The average Bonchev–Trinajstić information content (AvgIpc) is 2.96. The van der Waals surface area contributed by atoms with Crippen LogP contribution in [0.2, 0.25) is 0 Å². The minimum atomic E-state index is -0.343. The van der Waals surface area contributed by atoms with Gasteiger partial charge < -0.3 is 20.1 Å². The van der Waals surface area contributed by atoms with Gasteiger partial charge in [0.25, 0.3) is 0 Å². The van der Waals surface area contributed by atoms with Gasteiger partial charge in [-0.25, -0.2) is 9.18 Å². The van der Waals surface area contributed by atoms with Crippen molar-refractivity contribution >= 4 is 6.03 Å². The van der Waals surface area contributed by atoms with Crippen LogP contribution in [0.1, 0.15) is 13.3 Å². The van der Waals surface area contributed by atoms with E-state index in [1.54, 1.807) is 12.1 Å². The molecule has 2 unspecified atom stereocenters. The Balaban J connectivity index is 1.63. The Morgan fingerprint density at radius 2 is 2.38 bits per heavy atom. The van der Waals surface area contributed by atoms with Crippen LogP contribution in [0.5, 0.6) is 5.75 Å². The number of nitrogens with one attached hydrogen (secondary N) is 2. The van der Waals surface area contributed by atoms with Crippen LogP contribution in [-0.4, -0.2) is 38.4 Å². The molecule has 1 heterocycles. The Kier molecular flexibility index (Phi) is 5.80. The number of halogens is 1. The number of hydrogen-bond donors (Lipinski definition) is 2. The van der Waals surface area contributed by atoms with E-state index in [-0.39, 0.29) is 18.0 Å². The molecule has 2 amide bonds.